The number of allylic oxidation sites excluding steroid dienone is 8. The number of Topliss-reactive ketones (excluding diaryl/α,β-unsaturated/α-hetero) is 2. The molecule has 6 heteroatoms. The average Bonchev–Trinajstić information content (AvgIpc) is 3.69. The van der Waals surface area contributed by atoms with Crippen molar-refractivity contribution in [3.05, 3.63) is 95.6 Å². The molecule has 5 heterocycles. The first-order valence-corrected chi connectivity index (χ1v) is 13.2. The molecule has 38 heavy (non-hydrogen) atoms. The highest BCUT2D eigenvalue weighted by atomic mass is 16.1. The van der Waals surface area contributed by atoms with E-state index in [0.717, 1.165) is 56.0 Å². The van der Waals surface area contributed by atoms with Gasteiger partial charge in [0.1, 0.15) is 11.6 Å². The summed E-state index contributed by atoms with van der Waals surface area (Å²) in [7, 11) is 0. The zero-order chi connectivity index (χ0) is 25.1. The molecular formula is C32H22N4O2. The third kappa shape index (κ3) is 2.72. The predicted molar refractivity (Wildman–Crippen MR) is 146 cm³/mol. The van der Waals surface area contributed by atoms with Gasteiger partial charge in [0, 0.05) is 46.7 Å². The van der Waals surface area contributed by atoms with Crippen molar-refractivity contribution in [1.29, 1.82) is 0 Å². The molecule has 12 bridgehead atoms. The van der Waals surface area contributed by atoms with Crippen molar-refractivity contribution in [1.82, 2.24) is 19.9 Å². The molecule has 2 N–H and O–H groups in total. The quantitative estimate of drug-likeness (QED) is 0.393. The van der Waals surface area contributed by atoms with Gasteiger partial charge < -0.3 is 9.97 Å². The number of nitrogens with one attached hydrogen (secondary N) is 2. The highest BCUT2D eigenvalue weighted by Gasteiger charge is 2.42. The Morgan fingerprint density at radius 1 is 0.526 bits per heavy atom. The number of ketones is 2. The van der Waals surface area contributed by atoms with Gasteiger partial charge in [-0.1, -0.05) is 24.3 Å². The van der Waals surface area contributed by atoms with Gasteiger partial charge in [-0.05, 0) is 70.8 Å². The number of H-pyrrole nitrogens is 2. The summed E-state index contributed by atoms with van der Waals surface area (Å²) >= 11 is 0. The number of aromatic amines is 2. The van der Waals surface area contributed by atoms with Crippen LogP contribution in [0.1, 0.15) is 35.6 Å². The van der Waals surface area contributed by atoms with Crippen LogP contribution in [0.2, 0.25) is 0 Å². The number of aromatic nitrogens is 4. The molecule has 8 aliphatic rings. The minimum Gasteiger partial charge on any atom is -0.355 e. The number of carbonyl (C=O) groups excluding carboxylic acids is 2. The van der Waals surface area contributed by atoms with Crippen LogP contribution in [0.3, 0.4) is 0 Å². The molecule has 3 aromatic heterocycles. The number of nitrogens with zero attached hydrogens (tertiary/aromatic N) is 2. The Labute approximate surface area is 217 Å². The van der Waals surface area contributed by atoms with Crippen LogP contribution in [0.15, 0.2) is 72.8 Å². The first kappa shape index (κ1) is 20.5. The number of fused-ring (bicyclic) bond motifs is 10. The predicted octanol–water partition coefficient (Wildman–Crippen LogP) is 5.69. The Balaban J connectivity index is 1.34. The van der Waals surface area contributed by atoms with Crippen LogP contribution in [0.5, 0.6) is 0 Å². The summed E-state index contributed by atoms with van der Waals surface area (Å²) in [6, 6.07) is 16.5. The molecule has 11 rings (SSSR count). The molecule has 6 aliphatic carbocycles. The van der Waals surface area contributed by atoms with E-state index in [1.54, 1.807) is 0 Å². The molecule has 3 aromatic rings. The van der Waals surface area contributed by atoms with Crippen molar-refractivity contribution >= 4 is 55.9 Å². The second kappa shape index (κ2) is 7.04. The molecule has 0 aromatic carbocycles. The monoisotopic (exact) mass is 494 g/mol. The lowest BCUT2D eigenvalue weighted by Crippen LogP contribution is -2.27. The van der Waals surface area contributed by atoms with Gasteiger partial charge in [-0.25, -0.2) is 9.97 Å². The van der Waals surface area contributed by atoms with Crippen LogP contribution in [0.25, 0.3) is 44.4 Å². The first-order chi connectivity index (χ1) is 18.6. The van der Waals surface area contributed by atoms with E-state index in [1.807, 2.05) is 36.4 Å². The topological polar surface area (TPSA) is 91.5 Å². The van der Waals surface area contributed by atoms with Crippen molar-refractivity contribution < 1.29 is 9.59 Å². The maximum absolute atomic E-state index is 12.8. The molecule has 4 atom stereocenters. The van der Waals surface area contributed by atoms with Gasteiger partial charge in [-0.3, -0.25) is 9.59 Å². The Morgan fingerprint density at radius 2 is 0.895 bits per heavy atom. The summed E-state index contributed by atoms with van der Waals surface area (Å²) in [5, 5.41) is 0. The van der Waals surface area contributed by atoms with Crippen LogP contribution in [-0.2, 0) is 9.59 Å². The largest absolute Gasteiger partial charge is 0.355 e. The van der Waals surface area contributed by atoms with Crippen molar-refractivity contribution in [2.45, 2.75) is 12.8 Å². The Hall–Kier alpha value is -4.58. The minimum atomic E-state index is -0.226. The summed E-state index contributed by atoms with van der Waals surface area (Å²) in [6.07, 6.45) is 9.51. The maximum atomic E-state index is 12.8. The Morgan fingerprint density at radius 3 is 1.26 bits per heavy atom. The molecule has 0 amide bonds. The lowest BCUT2D eigenvalue weighted by atomic mass is 9.70. The van der Waals surface area contributed by atoms with E-state index in [1.165, 1.54) is 11.1 Å². The second-order valence-corrected chi connectivity index (χ2v) is 11.0. The van der Waals surface area contributed by atoms with Gasteiger partial charge >= 0.3 is 0 Å². The fourth-order valence-electron chi connectivity index (χ4n) is 7.15. The fraction of sp³-hybridized carbons (Fsp3) is 0.188. The number of hydrogen-bond donors (Lipinski definition) is 2. The number of rotatable bonds is 0. The zero-order valence-corrected chi connectivity index (χ0v) is 20.4. The standard InChI is InChI=1S/C32H22N4O2/c37-27-9-15-1-7-21(27)31-25-13-19-6-4-18(34-19)12-24-30-16-2-8-22(28(38)10-16)32(30)26(36-24)14-20-5-3-17(33-20)11-23(35-25)29(15)31/h1-8,11-16,21-22,33-34H,9-10H2/t15-,16?,21-,22-/m1/s1. The van der Waals surface area contributed by atoms with Crippen molar-refractivity contribution in [3.8, 4) is 0 Å². The fourth-order valence-corrected chi connectivity index (χ4v) is 7.15. The van der Waals surface area contributed by atoms with Crippen molar-refractivity contribution in [3.63, 3.8) is 0 Å². The molecule has 0 spiro atoms. The maximum Gasteiger partial charge on any atom is 0.145 e. The van der Waals surface area contributed by atoms with E-state index in [-0.39, 0.29) is 35.2 Å². The molecular weight excluding hydrogens is 472 g/mol. The van der Waals surface area contributed by atoms with Crippen LogP contribution < -0.4 is 0 Å². The SMILES string of the molecule is O=C1CC2C=C[C@H]1C1=C2c2cc3ccc(cc4nc(cc5ccc(cc1n2)[nH]5)C1=C4[C@@H]2C=C[C@@H]1CC2=O)[nH]3. The molecule has 2 aliphatic heterocycles. The van der Waals surface area contributed by atoms with Crippen molar-refractivity contribution in [2.24, 2.45) is 23.7 Å². The lowest BCUT2D eigenvalue weighted by Gasteiger charge is -2.31. The third-order valence-corrected chi connectivity index (χ3v) is 8.77. The number of carbonyl (C=O) groups is 2. The summed E-state index contributed by atoms with van der Waals surface area (Å²) in [5.41, 5.74) is 11.7. The summed E-state index contributed by atoms with van der Waals surface area (Å²) in [6.45, 7) is 0. The molecule has 0 saturated carbocycles. The smallest absolute Gasteiger partial charge is 0.145 e. The van der Waals surface area contributed by atoms with E-state index in [9.17, 15) is 9.59 Å². The second-order valence-electron chi connectivity index (χ2n) is 11.0. The van der Waals surface area contributed by atoms with Gasteiger partial charge in [0.15, 0.2) is 0 Å². The average molecular weight is 495 g/mol. The van der Waals surface area contributed by atoms with E-state index in [0.29, 0.717) is 12.8 Å². The molecule has 0 saturated heterocycles. The minimum absolute atomic E-state index is 0.0678. The van der Waals surface area contributed by atoms with Gasteiger partial charge in [0.25, 0.3) is 0 Å². The molecule has 0 radical (unpaired) electrons. The highest BCUT2D eigenvalue weighted by Crippen LogP contribution is 2.51. The van der Waals surface area contributed by atoms with Gasteiger partial charge in [0.2, 0.25) is 0 Å². The molecule has 182 valence electrons. The Bertz CT molecular complexity index is 1800. The van der Waals surface area contributed by atoms with Crippen LogP contribution >= 0.6 is 0 Å². The summed E-state index contributed by atoms with van der Waals surface area (Å²) in [4.78, 5) is 42.8. The van der Waals surface area contributed by atoms with Crippen LogP contribution in [0, 0.1) is 23.7 Å². The van der Waals surface area contributed by atoms with Crippen LogP contribution in [0.4, 0.5) is 0 Å². The first-order valence-electron chi connectivity index (χ1n) is 13.2. The van der Waals surface area contributed by atoms with Crippen LogP contribution in [-0.4, -0.2) is 31.5 Å². The van der Waals surface area contributed by atoms with E-state index in [2.05, 4.69) is 46.4 Å². The van der Waals surface area contributed by atoms with Crippen molar-refractivity contribution in [2.75, 3.05) is 0 Å². The summed E-state index contributed by atoms with van der Waals surface area (Å²) in [5.74, 6) is 0.223. The third-order valence-electron chi connectivity index (χ3n) is 8.77. The van der Waals surface area contributed by atoms with E-state index < -0.39 is 0 Å². The highest BCUT2D eigenvalue weighted by molar-refractivity contribution is 6.12. The van der Waals surface area contributed by atoms with Gasteiger partial charge in [-0.15, -0.1) is 0 Å². The van der Waals surface area contributed by atoms with Gasteiger partial charge in [-0.2, -0.15) is 0 Å². The molecule has 1 unspecified atom stereocenters. The molecule has 6 nitrogen and oxygen atoms in total. The van der Waals surface area contributed by atoms with E-state index in [4.69, 9.17) is 9.97 Å². The number of hydrogen-bond acceptors (Lipinski definition) is 4. The van der Waals surface area contributed by atoms with Gasteiger partial charge in [0.05, 0.1) is 34.6 Å². The van der Waals surface area contributed by atoms with E-state index >= 15 is 0 Å². The normalized spacial score (nSPS) is 26.4. The Kier molecular flexibility index (Phi) is 3.79. The molecule has 0 fully saturated rings. The summed E-state index contributed by atoms with van der Waals surface area (Å²) < 4.78 is 0. The lowest BCUT2D eigenvalue weighted by molar-refractivity contribution is -0.121. The zero-order valence-electron chi connectivity index (χ0n) is 20.4.